The molecular weight excluding hydrogens is 280 g/mol. The number of benzene rings is 1. The zero-order valence-electron chi connectivity index (χ0n) is 9.90. The Labute approximate surface area is 110 Å². The summed E-state index contributed by atoms with van der Waals surface area (Å²) in [5, 5.41) is 11.8. The molecule has 1 amide bonds. The van der Waals surface area contributed by atoms with Crippen molar-refractivity contribution in [2.75, 3.05) is 0 Å². The molecule has 0 aliphatic heterocycles. The van der Waals surface area contributed by atoms with E-state index in [-0.39, 0.29) is 11.8 Å². The van der Waals surface area contributed by atoms with Crippen LogP contribution in [0, 0.1) is 17.2 Å². The van der Waals surface area contributed by atoms with Crippen LogP contribution in [0.1, 0.15) is 31.9 Å². The molecule has 1 aromatic rings. The van der Waals surface area contributed by atoms with E-state index in [2.05, 4.69) is 27.3 Å². The predicted octanol–water partition coefficient (Wildman–Crippen LogP) is 3.18. The molecule has 3 nitrogen and oxygen atoms in total. The minimum absolute atomic E-state index is 0.0912. The van der Waals surface area contributed by atoms with Crippen molar-refractivity contribution in [3.8, 4) is 6.07 Å². The quantitative estimate of drug-likeness (QED) is 0.927. The third kappa shape index (κ3) is 4.58. The number of nitrogens with one attached hydrogen (secondary N) is 1. The summed E-state index contributed by atoms with van der Waals surface area (Å²) in [5.41, 5.74) is 0.791. The van der Waals surface area contributed by atoms with Crippen molar-refractivity contribution in [1.82, 2.24) is 5.32 Å². The Morgan fingerprint density at radius 1 is 1.53 bits per heavy atom. The Bertz CT molecular complexity index is 437. The molecule has 0 unspecified atom stereocenters. The fourth-order valence-corrected chi connectivity index (χ4v) is 1.88. The molecule has 0 bridgehead atoms. The maximum atomic E-state index is 11.6. The van der Waals surface area contributed by atoms with Gasteiger partial charge in [0.15, 0.2) is 0 Å². The lowest BCUT2D eigenvalue weighted by Crippen LogP contribution is -2.28. The van der Waals surface area contributed by atoms with E-state index < -0.39 is 6.04 Å². The first-order valence-electron chi connectivity index (χ1n) is 5.47. The maximum Gasteiger partial charge on any atom is 0.221 e. The Morgan fingerprint density at radius 3 is 2.76 bits per heavy atom. The fourth-order valence-electron chi connectivity index (χ4n) is 1.47. The van der Waals surface area contributed by atoms with E-state index in [9.17, 15) is 4.79 Å². The average Bonchev–Trinajstić information content (AvgIpc) is 2.24. The van der Waals surface area contributed by atoms with E-state index in [1.165, 1.54) is 0 Å². The molecule has 0 aliphatic rings. The highest BCUT2D eigenvalue weighted by Crippen LogP contribution is 2.18. The highest BCUT2D eigenvalue weighted by Gasteiger charge is 2.14. The number of nitrogens with zero attached hydrogens (tertiary/aromatic N) is 1. The van der Waals surface area contributed by atoms with Crippen molar-refractivity contribution >= 4 is 21.8 Å². The molecule has 0 saturated heterocycles. The lowest BCUT2D eigenvalue weighted by molar-refractivity contribution is -0.122. The van der Waals surface area contributed by atoms with Crippen LogP contribution in [0.2, 0.25) is 0 Å². The van der Waals surface area contributed by atoms with Crippen LogP contribution in [-0.2, 0) is 4.79 Å². The summed E-state index contributed by atoms with van der Waals surface area (Å²) in [6.45, 7) is 3.94. The number of hydrogen-bond acceptors (Lipinski definition) is 2. The highest BCUT2D eigenvalue weighted by molar-refractivity contribution is 9.10. The molecule has 0 spiro atoms. The molecular formula is C13H15BrN2O. The first-order valence-corrected chi connectivity index (χ1v) is 6.26. The fraction of sp³-hybridized carbons (Fsp3) is 0.385. The number of nitriles is 1. The third-order valence-electron chi connectivity index (χ3n) is 2.21. The van der Waals surface area contributed by atoms with E-state index in [1.54, 1.807) is 0 Å². The van der Waals surface area contributed by atoms with Crippen molar-refractivity contribution in [3.05, 3.63) is 34.3 Å². The van der Waals surface area contributed by atoms with Crippen LogP contribution in [0.3, 0.4) is 0 Å². The molecule has 17 heavy (non-hydrogen) atoms. The Hall–Kier alpha value is -1.34. The molecule has 0 fully saturated rings. The van der Waals surface area contributed by atoms with Gasteiger partial charge in [-0.05, 0) is 23.6 Å². The summed E-state index contributed by atoms with van der Waals surface area (Å²) in [6.07, 6.45) is 0.437. The summed E-state index contributed by atoms with van der Waals surface area (Å²) >= 11 is 3.34. The van der Waals surface area contributed by atoms with Crippen molar-refractivity contribution in [3.63, 3.8) is 0 Å². The predicted molar refractivity (Wildman–Crippen MR) is 70.1 cm³/mol. The Kier molecular flexibility index (Phi) is 5.17. The summed E-state index contributed by atoms with van der Waals surface area (Å²) in [5.74, 6) is 0.198. The second kappa shape index (κ2) is 6.41. The first-order chi connectivity index (χ1) is 8.02. The lowest BCUT2D eigenvalue weighted by Gasteiger charge is -2.13. The van der Waals surface area contributed by atoms with Crippen molar-refractivity contribution in [2.24, 2.45) is 5.92 Å². The Balaban J connectivity index is 2.73. The van der Waals surface area contributed by atoms with Crippen LogP contribution in [0.15, 0.2) is 28.7 Å². The largest absolute Gasteiger partial charge is 0.337 e. The topological polar surface area (TPSA) is 52.9 Å². The van der Waals surface area contributed by atoms with Gasteiger partial charge in [0.1, 0.15) is 6.04 Å². The molecule has 90 valence electrons. The van der Waals surface area contributed by atoms with E-state index >= 15 is 0 Å². The average molecular weight is 295 g/mol. The smallest absolute Gasteiger partial charge is 0.221 e. The van der Waals surface area contributed by atoms with E-state index in [4.69, 9.17) is 5.26 Å². The molecule has 0 heterocycles. The van der Waals surface area contributed by atoms with Crippen LogP contribution < -0.4 is 5.32 Å². The van der Waals surface area contributed by atoms with Gasteiger partial charge in [0.25, 0.3) is 0 Å². The maximum absolute atomic E-state index is 11.6. The number of amides is 1. The van der Waals surface area contributed by atoms with Gasteiger partial charge in [-0.25, -0.2) is 0 Å². The molecule has 0 radical (unpaired) electrons. The van der Waals surface area contributed by atoms with Crippen LogP contribution in [0.25, 0.3) is 0 Å². The van der Waals surface area contributed by atoms with Crippen molar-refractivity contribution < 1.29 is 4.79 Å². The molecule has 1 rings (SSSR count). The normalized spacial score (nSPS) is 11.9. The SMILES string of the molecule is CC(C)CC(=O)N[C@H](C#N)c1cccc(Br)c1. The number of halogens is 1. The van der Waals surface area contributed by atoms with E-state index in [0.29, 0.717) is 6.42 Å². The molecule has 4 heteroatoms. The number of carbonyl (C=O) groups excluding carboxylic acids is 1. The third-order valence-corrected chi connectivity index (χ3v) is 2.70. The van der Waals surface area contributed by atoms with E-state index in [0.717, 1.165) is 10.0 Å². The van der Waals surface area contributed by atoms with Gasteiger partial charge in [-0.1, -0.05) is 41.9 Å². The monoisotopic (exact) mass is 294 g/mol. The second-order valence-corrected chi connectivity index (χ2v) is 5.20. The van der Waals surface area contributed by atoms with E-state index in [1.807, 2.05) is 38.1 Å². The summed E-state index contributed by atoms with van der Waals surface area (Å²) in [4.78, 5) is 11.6. The van der Waals surface area contributed by atoms with Gasteiger partial charge in [0.05, 0.1) is 6.07 Å². The van der Waals surface area contributed by atoms with Gasteiger partial charge >= 0.3 is 0 Å². The molecule has 1 aromatic carbocycles. The Morgan fingerprint density at radius 2 is 2.24 bits per heavy atom. The van der Waals surface area contributed by atoms with Gasteiger partial charge in [0.2, 0.25) is 5.91 Å². The van der Waals surface area contributed by atoms with Crippen LogP contribution in [0.4, 0.5) is 0 Å². The minimum Gasteiger partial charge on any atom is -0.337 e. The zero-order valence-corrected chi connectivity index (χ0v) is 11.5. The zero-order chi connectivity index (χ0) is 12.8. The molecule has 1 atom stereocenters. The summed E-state index contributed by atoms with van der Waals surface area (Å²) in [7, 11) is 0. The molecule has 0 aromatic heterocycles. The van der Waals surface area contributed by atoms with Crippen molar-refractivity contribution in [1.29, 1.82) is 5.26 Å². The first kappa shape index (κ1) is 13.7. The lowest BCUT2D eigenvalue weighted by atomic mass is 10.1. The van der Waals surface area contributed by atoms with Gasteiger partial charge in [-0.3, -0.25) is 4.79 Å². The minimum atomic E-state index is -0.584. The number of carbonyl (C=O) groups is 1. The van der Waals surface area contributed by atoms with Crippen LogP contribution >= 0.6 is 15.9 Å². The van der Waals surface area contributed by atoms with Gasteiger partial charge in [-0.2, -0.15) is 5.26 Å². The second-order valence-electron chi connectivity index (χ2n) is 4.28. The number of rotatable bonds is 4. The summed E-state index contributed by atoms with van der Waals surface area (Å²) in [6, 6.07) is 8.91. The van der Waals surface area contributed by atoms with Crippen LogP contribution in [-0.4, -0.2) is 5.91 Å². The van der Waals surface area contributed by atoms with Crippen LogP contribution in [0.5, 0.6) is 0 Å². The molecule has 0 aliphatic carbocycles. The van der Waals surface area contributed by atoms with Gasteiger partial charge in [0, 0.05) is 10.9 Å². The van der Waals surface area contributed by atoms with Gasteiger partial charge < -0.3 is 5.32 Å². The number of hydrogen-bond donors (Lipinski definition) is 1. The standard InChI is InChI=1S/C13H15BrN2O/c1-9(2)6-13(17)16-12(8-15)10-4-3-5-11(14)7-10/h3-5,7,9,12H,6H2,1-2H3,(H,16,17)/t12-/m1/s1. The van der Waals surface area contributed by atoms with Crippen molar-refractivity contribution in [2.45, 2.75) is 26.3 Å². The highest BCUT2D eigenvalue weighted by atomic mass is 79.9. The molecule has 1 N–H and O–H groups in total. The van der Waals surface area contributed by atoms with Gasteiger partial charge in [-0.15, -0.1) is 0 Å². The summed E-state index contributed by atoms with van der Waals surface area (Å²) < 4.78 is 0.897. The molecule has 0 saturated carbocycles.